The summed E-state index contributed by atoms with van der Waals surface area (Å²) >= 11 is 1.63. The van der Waals surface area contributed by atoms with Crippen molar-refractivity contribution in [2.75, 3.05) is 0 Å². The fraction of sp³-hybridized carbons (Fsp3) is 0.400. The molecule has 0 bridgehead atoms. The highest BCUT2D eigenvalue weighted by Gasteiger charge is 2.07. The summed E-state index contributed by atoms with van der Waals surface area (Å²) in [6, 6.07) is 8.74. The molecule has 0 radical (unpaired) electrons. The molecule has 0 fully saturated rings. The standard InChI is InChI=1S/C15H20N2S/c1-3-4-5-12-6-8-13(9-7-12)14-10-18-15(17-14)11(2)16/h6-11H,3-5,16H2,1-2H3. The number of hydrogen-bond donors (Lipinski definition) is 1. The minimum atomic E-state index is 0.0209. The number of nitrogens with zero attached hydrogens (tertiary/aromatic N) is 1. The smallest absolute Gasteiger partial charge is 0.110 e. The van der Waals surface area contributed by atoms with Crippen LogP contribution >= 0.6 is 11.3 Å². The molecule has 0 saturated heterocycles. The number of aromatic nitrogens is 1. The van der Waals surface area contributed by atoms with E-state index in [4.69, 9.17) is 5.73 Å². The molecule has 0 aliphatic rings. The van der Waals surface area contributed by atoms with Gasteiger partial charge < -0.3 is 5.73 Å². The molecule has 1 heterocycles. The van der Waals surface area contributed by atoms with Gasteiger partial charge >= 0.3 is 0 Å². The Hall–Kier alpha value is -1.19. The summed E-state index contributed by atoms with van der Waals surface area (Å²) in [6.45, 7) is 4.19. The summed E-state index contributed by atoms with van der Waals surface area (Å²) in [5.74, 6) is 0. The van der Waals surface area contributed by atoms with Crippen molar-refractivity contribution in [3.05, 3.63) is 40.2 Å². The van der Waals surface area contributed by atoms with Crippen molar-refractivity contribution < 1.29 is 0 Å². The lowest BCUT2D eigenvalue weighted by Gasteiger charge is -2.02. The lowest BCUT2D eigenvalue weighted by atomic mass is 10.1. The number of nitrogens with two attached hydrogens (primary N) is 1. The predicted octanol–water partition coefficient (Wildman–Crippen LogP) is 4.17. The Kier molecular flexibility index (Phi) is 4.50. The van der Waals surface area contributed by atoms with Crippen molar-refractivity contribution in [2.24, 2.45) is 5.73 Å². The van der Waals surface area contributed by atoms with Gasteiger partial charge in [0.1, 0.15) is 5.01 Å². The van der Waals surface area contributed by atoms with Crippen LogP contribution in [0.25, 0.3) is 11.3 Å². The molecule has 18 heavy (non-hydrogen) atoms. The lowest BCUT2D eigenvalue weighted by molar-refractivity contribution is 0.795. The monoisotopic (exact) mass is 260 g/mol. The van der Waals surface area contributed by atoms with Gasteiger partial charge in [0.2, 0.25) is 0 Å². The van der Waals surface area contributed by atoms with Gasteiger partial charge in [0.05, 0.1) is 11.7 Å². The van der Waals surface area contributed by atoms with E-state index < -0.39 is 0 Å². The zero-order valence-electron chi connectivity index (χ0n) is 11.0. The molecule has 0 saturated carbocycles. The molecule has 2 nitrogen and oxygen atoms in total. The molecule has 1 atom stereocenters. The zero-order chi connectivity index (χ0) is 13.0. The molecule has 1 aromatic carbocycles. The molecule has 2 N–H and O–H groups in total. The second-order valence-electron chi connectivity index (χ2n) is 4.66. The Morgan fingerprint density at radius 1 is 1.28 bits per heavy atom. The Morgan fingerprint density at radius 3 is 2.56 bits per heavy atom. The summed E-state index contributed by atoms with van der Waals surface area (Å²) < 4.78 is 0. The van der Waals surface area contributed by atoms with Crippen molar-refractivity contribution >= 4 is 11.3 Å². The number of thiazole rings is 1. The molecule has 0 amide bonds. The van der Waals surface area contributed by atoms with Crippen molar-refractivity contribution in [3.8, 4) is 11.3 Å². The van der Waals surface area contributed by atoms with Gasteiger partial charge in [0.25, 0.3) is 0 Å². The third-order valence-electron chi connectivity index (χ3n) is 2.98. The molecular weight excluding hydrogens is 240 g/mol. The molecular formula is C15H20N2S. The van der Waals surface area contributed by atoms with E-state index in [2.05, 4.69) is 41.6 Å². The van der Waals surface area contributed by atoms with E-state index in [1.807, 2.05) is 6.92 Å². The van der Waals surface area contributed by atoms with Crippen LogP contribution in [0.3, 0.4) is 0 Å². The van der Waals surface area contributed by atoms with Crippen LogP contribution in [0.15, 0.2) is 29.6 Å². The third kappa shape index (κ3) is 3.18. The molecule has 0 aliphatic heterocycles. The highest BCUT2D eigenvalue weighted by atomic mass is 32.1. The fourth-order valence-electron chi connectivity index (χ4n) is 1.85. The van der Waals surface area contributed by atoms with E-state index in [-0.39, 0.29) is 6.04 Å². The minimum Gasteiger partial charge on any atom is -0.322 e. The van der Waals surface area contributed by atoms with Crippen LogP contribution in [-0.4, -0.2) is 4.98 Å². The largest absolute Gasteiger partial charge is 0.322 e. The topological polar surface area (TPSA) is 38.9 Å². The van der Waals surface area contributed by atoms with Crippen LogP contribution < -0.4 is 5.73 Å². The molecule has 96 valence electrons. The Morgan fingerprint density at radius 2 is 2.00 bits per heavy atom. The molecule has 1 aromatic heterocycles. The number of unbranched alkanes of at least 4 members (excludes halogenated alkanes) is 1. The number of aryl methyl sites for hydroxylation is 1. The van der Waals surface area contributed by atoms with Crippen molar-refractivity contribution in [1.29, 1.82) is 0 Å². The van der Waals surface area contributed by atoms with Crippen LogP contribution in [0.4, 0.5) is 0 Å². The molecule has 2 aromatic rings. The van der Waals surface area contributed by atoms with Gasteiger partial charge in [-0.25, -0.2) is 4.98 Å². The quantitative estimate of drug-likeness (QED) is 0.876. The molecule has 2 rings (SSSR count). The minimum absolute atomic E-state index is 0.0209. The van der Waals surface area contributed by atoms with Gasteiger partial charge in [-0.1, -0.05) is 37.6 Å². The highest BCUT2D eigenvalue weighted by molar-refractivity contribution is 7.10. The Bertz CT molecular complexity index is 485. The number of rotatable bonds is 5. The van der Waals surface area contributed by atoms with E-state index in [9.17, 15) is 0 Å². The third-order valence-corrected chi connectivity index (χ3v) is 4.03. The highest BCUT2D eigenvalue weighted by Crippen LogP contribution is 2.25. The van der Waals surface area contributed by atoms with Gasteiger partial charge in [-0.2, -0.15) is 0 Å². The maximum Gasteiger partial charge on any atom is 0.110 e. The second kappa shape index (κ2) is 6.12. The van der Waals surface area contributed by atoms with Gasteiger partial charge in [0, 0.05) is 10.9 Å². The fourth-order valence-corrected chi connectivity index (χ4v) is 2.64. The first-order valence-corrected chi connectivity index (χ1v) is 7.39. The second-order valence-corrected chi connectivity index (χ2v) is 5.55. The van der Waals surface area contributed by atoms with Gasteiger partial charge in [0.15, 0.2) is 0 Å². The summed E-state index contributed by atoms with van der Waals surface area (Å²) in [5, 5.41) is 3.08. The van der Waals surface area contributed by atoms with Crippen molar-refractivity contribution in [3.63, 3.8) is 0 Å². The van der Waals surface area contributed by atoms with E-state index in [0.29, 0.717) is 0 Å². The maximum atomic E-state index is 5.83. The average Bonchev–Trinajstić information content (AvgIpc) is 2.87. The normalized spacial score (nSPS) is 12.6. The van der Waals surface area contributed by atoms with Crippen molar-refractivity contribution in [1.82, 2.24) is 4.98 Å². The number of benzene rings is 1. The van der Waals surface area contributed by atoms with Crippen LogP contribution in [0.2, 0.25) is 0 Å². The first-order chi connectivity index (χ1) is 8.70. The number of hydrogen-bond acceptors (Lipinski definition) is 3. The van der Waals surface area contributed by atoms with Crippen LogP contribution in [0.5, 0.6) is 0 Å². The lowest BCUT2D eigenvalue weighted by Crippen LogP contribution is -2.03. The summed E-state index contributed by atoms with van der Waals surface area (Å²) in [5.41, 5.74) is 9.45. The zero-order valence-corrected chi connectivity index (χ0v) is 11.8. The van der Waals surface area contributed by atoms with Crippen LogP contribution in [0, 0.1) is 0 Å². The van der Waals surface area contributed by atoms with Gasteiger partial charge in [-0.3, -0.25) is 0 Å². The Balaban J connectivity index is 2.12. The van der Waals surface area contributed by atoms with Gasteiger partial charge in [-0.15, -0.1) is 11.3 Å². The van der Waals surface area contributed by atoms with Gasteiger partial charge in [-0.05, 0) is 25.3 Å². The van der Waals surface area contributed by atoms with E-state index >= 15 is 0 Å². The molecule has 3 heteroatoms. The predicted molar refractivity (Wildman–Crippen MR) is 78.8 cm³/mol. The summed E-state index contributed by atoms with van der Waals surface area (Å²) in [7, 11) is 0. The summed E-state index contributed by atoms with van der Waals surface area (Å²) in [4.78, 5) is 4.57. The SMILES string of the molecule is CCCCc1ccc(-c2csc(C(C)N)n2)cc1. The molecule has 1 unspecified atom stereocenters. The van der Waals surface area contributed by atoms with Crippen molar-refractivity contribution in [2.45, 2.75) is 39.2 Å². The Labute approximate surface area is 113 Å². The maximum absolute atomic E-state index is 5.83. The molecule has 0 aliphatic carbocycles. The first kappa shape index (κ1) is 13.2. The molecule has 0 spiro atoms. The first-order valence-electron chi connectivity index (χ1n) is 6.51. The van der Waals surface area contributed by atoms with Crippen LogP contribution in [-0.2, 0) is 6.42 Å². The van der Waals surface area contributed by atoms with E-state index in [1.54, 1.807) is 11.3 Å². The van der Waals surface area contributed by atoms with E-state index in [1.165, 1.54) is 30.4 Å². The van der Waals surface area contributed by atoms with Crippen LogP contribution in [0.1, 0.15) is 43.3 Å². The summed E-state index contributed by atoms with van der Waals surface area (Å²) in [6.07, 6.45) is 3.66. The average molecular weight is 260 g/mol. The van der Waals surface area contributed by atoms with E-state index in [0.717, 1.165) is 10.7 Å².